The summed E-state index contributed by atoms with van der Waals surface area (Å²) in [4.78, 5) is 34.6. The van der Waals surface area contributed by atoms with E-state index in [1.54, 1.807) is 0 Å². The molecule has 8 heteroatoms. The van der Waals surface area contributed by atoms with Gasteiger partial charge in [-0.3, -0.25) is 24.6 Å². The van der Waals surface area contributed by atoms with Crippen LogP contribution in [0.2, 0.25) is 0 Å². The SMILES string of the molecule is CCCN1C(=O)CC(Nc2ccc([N+](=O)[O-])c(F)c2)C1=O. The molecule has 7 nitrogen and oxygen atoms in total. The van der Waals surface area contributed by atoms with Gasteiger partial charge in [0.1, 0.15) is 6.04 Å². The quantitative estimate of drug-likeness (QED) is 0.507. The largest absolute Gasteiger partial charge is 0.373 e. The summed E-state index contributed by atoms with van der Waals surface area (Å²) in [7, 11) is 0. The van der Waals surface area contributed by atoms with Crippen LogP contribution < -0.4 is 5.32 Å². The van der Waals surface area contributed by atoms with E-state index in [0.29, 0.717) is 13.0 Å². The molecule has 1 saturated heterocycles. The molecule has 0 aliphatic carbocycles. The van der Waals surface area contributed by atoms with Crippen molar-refractivity contribution >= 4 is 23.2 Å². The van der Waals surface area contributed by atoms with Crippen molar-refractivity contribution in [1.82, 2.24) is 4.90 Å². The number of benzene rings is 1. The number of likely N-dealkylation sites (tertiary alicyclic amines) is 1. The topological polar surface area (TPSA) is 92.6 Å². The Labute approximate surface area is 119 Å². The Morgan fingerprint density at radius 2 is 2.19 bits per heavy atom. The van der Waals surface area contributed by atoms with Gasteiger partial charge < -0.3 is 5.32 Å². The number of nitro benzene ring substituents is 1. The molecule has 112 valence electrons. The van der Waals surface area contributed by atoms with Crippen LogP contribution in [-0.2, 0) is 9.59 Å². The second-order valence-electron chi connectivity index (χ2n) is 4.71. The van der Waals surface area contributed by atoms with Crippen LogP contribution in [0.25, 0.3) is 0 Å². The van der Waals surface area contributed by atoms with E-state index in [4.69, 9.17) is 0 Å². The number of anilines is 1. The van der Waals surface area contributed by atoms with Gasteiger partial charge in [0.25, 0.3) is 5.91 Å². The van der Waals surface area contributed by atoms with E-state index < -0.39 is 22.5 Å². The van der Waals surface area contributed by atoms with Gasteiger partial charge in [0.15, 0.2) is 0 Å². The van der Waals surface area contributed by atoms with Crippen LogP contribution in [0.3, 0.4) is 0 Å². The van der Waals surface area contributed by atoms with Crippen LogP contribution in [0.5, 0.6) is 0 Å². The Bertz CT molecular complexity index is 605. The highest BCUT2D eigenvalue weighted by Crippen LogP contribution is 2.23. The van der Waals surface area contributed by atoms with Crippen LogP contribution >= 0.6 is 0 Å². The number of nitrogens with zero attached hydrogens (tertiary/aromatic N) is 2. The number of carbonyl (C=O) groups is 2. The Morgan fingerprint density at radius 1 is 1.48 bits per heavy atom. The van der Waals surface area contributed by atoms with Crippen LogP contribution in [0, 0.1) is 15.9 Å². The summed E-state index contributed by atoms with van der Waals surface area (Å²) in [5.41, 5.74) is -0.412. The molecule has 1 atom stereocenters. The molecule has 0 radical (unpaired) electrons. The summed E-state index contributed by atoms with van der Waals surface area (Å²) >= 11 is 0. The van der Waals surface area contributed by atoms with Gasteiger partial charge in [-0.05, 0) is 12.5 Å². The molecule has 1 aromatic carbocycles. The van der Waals surface area contributed by atoms with Crippen molar-refractivity contribution in [2.45, 2.75) is 25.8 Å². The maximum absolute atomic E-state index is 13.5. The molecule has 1 fully saturated rings. The van der Waals surface area contributed by atoms with E-state index in [-0.39, 0.29) is 23.9 Å². The number of nitro groups is 1. The third-order valence-corrected chi connectivity index (χ3v) is 3.18. The van der Waals surface area contributed by atoms with Crippen LogP contribution in [0.1, 0.15) is 19.8 Å². The summed E-state index contributed by atoms with van der Waals surface area (Å²) in [6.07, 6.45) is 0.661. The number of halogens is 1. The third-order valence-electron chi connectivity index (χ3n) is 3.18. The molecule has 1 heterocycles. The highest BCUT2D eigenvalue weighted by Gasteiger charge is 2.37. The Balaban J connectivity index is 2.12. The average molecular weight is 295 g/mol. The summed E-state index contributed by atoms with van der Waals surface area (Å²) in [5.74, 6) is -1.63. The fourth-order valence-electron chi connectivity index (χ4n) is 2.20. The first-order valence-electron chi connectivity index (χ1n) is 6.48. The maximum Gasteiger partial charge on any atom is 0.304 e. The van der Waals surface area contributed by atoms with Crippen molar-refractivity contribution < 1.29 is 18.9 Å². The fourth-order valence-corrected chi connectivity index (χ4v) is 2.20. The number of rotatable bonds is 5. The van der Waals surface area contributed by atoms with Crippen LogP contribution in [0.4, 0.5) is 15.8 Å². The molecule has 1 aliphatic heterocycles. The molecule has 0 aromatic heterocycles. The highest BCUT2D eigenvalue weighted by molar-refractivity contribution is 6.06. The Kier molecular flexibility index (Phi) is 4.15. The normalized spacial score (nSPS) is 18.2. The zero-order chi connectivity index (χ0) is 15.6. The van der Waals surface area contributed by atoms with Crippen molar-refractivity contribution in [3.8, 4) is 0 Å². The van der Waals surface area contributed by atoms with E-state index in [0.717, 1.165) is 12.1 Å². The van der Waals surface area contributed by atoms with Crippen LogP contribution in [0.15, 0.2) is 18.2 Å². The summed E-state index contributed by atoms with van der Waals surface area (Å²) in [6, 6.07) is 2.51. The zero-order valence-corrected chi connectivity index (χ0v) is 11.3. The van der Waals surface area contributed by atoms with E-state index in [1.807, 2.05) is 6.92 Å². The van der Waals surface area contributed by atoms with E-state index in [2.05, 4.69) is 5.32 Å². The van der Waals surface area contributed by atoms with Gasteiger partial charge in [0.2, 0.25) is 11.7 Å². The van der Waals surface area contributed by atoms with Gasteiger partial charge in [-0.25, -0.2) is 0 Å². The first-order chi connectivity index (χ1) is 9.93. The minimum Gasteiger partial charge on any atom is -0.373 e. The predicted octanol–water partition coefficient (Wildman–Crippen LogP) is 1.68. The molecule has 21 heavy (non-hydrogen) atoms. The first kappa shape index (κ1) is 14.9. The number of nitrogens with one attached hydrogen (secondary N) is 1. The molecular formula is C13H14FN3O4. The van der Waals surface area contributed by atoms with Crippen molar-refractivity contribution in [2.24, 2.45) is 0 Å². The monoisotopic (exact) mass is 295 g/mol. The molecular weight excluding hydrogens is 281 g/mol. The molecule has 0 spiro atoms. The standard InChI is InChI=1S/C13H14FN3O4/c1-2-5-16-12(18)7-10(13(16)19)15-8-3-4-11(17(20)21)9(14)6-8/h3-4,6,10,15H,2,5,7H2,1H3. The lowest BCUT2D eigenvalue weighted by atomic mass is 10.2. The molecule has 0 saturated carbocycles. The molecule has 1 aliphatic rings. The van der Waals surface area contributed by atoms with Gasteiger partial charge in [0, 0.05) is 24.4 Å². The molecule has 2 rings (SSSR count). The van der Waals surface area contributed by atoms with Crippen molar-refractivity contribution in [1.29, 1.82) is 0 Å². The van der Waals surface area contributed by atoms with Gasteiger partial charge in [0.05, 0.1) is 11.3 Å². The summed E-state index contributed by atoms with van der Waals surface area (Å²) in [5, 5.41) is 13.3. The minimum absolute atomic E-state index is 0.00254. The molecule has 1 aromatic rings. The van der Waals surface area contributed by atoms with E-state index >= 15 is 0 Å². The maximum atomic E-state index is 13.5. The molecule has 1 N–H and O–H groups in total. The lowest BCUT2D eigenvalue weighted by molar-refractivity contribution is -0.387. The Hall–Kier alpha value is -2.51. The summed E-state index contributed by atoms with van der Waals surface area (Å²) in [6.45, 7) is 2.21. The highest BCUT2D eigenvalue weighted by atomic mass is 19.1. The summed E-state index contributed by atoms with van der Waals surface area (Å²) < 4.78 is 13.5. The number of hydrogen-bond donors (Lipinski definition) is 1. The van der Waals surface area contributed by atoms with E-state index in [1.165, 1.54) is 11.0 Å². The van der Waals surface area contributed by atoms with Crippen molar-refractivity contribution in [3.05, 3.63) is 34.1 Å². The lowest BCUT2D eigenvalue weighted by Crippen LogP contribution is -2.35. The Morgan fingerprint density at radius 3 is 2.76 bits per heavy atom. The number of hydrogen-bond acceptors (Lipinski definition) is 5. The average Bonchev–Trinajstić information content (AvgIpc) is 2.66. The molecule has 0 bridgehead atoms. The molecule has 1 unspecified atom stereocenters. The van der Waals surface area contributed by atoms with Gasteiger partial charge in [-0.1, -0.05) is 6.92 Å². The molecule has 2 amide bonds. The predicted molar refractivity (Wildman–Crippen MR) is 72.1 cm³/mol. The number of imide groups is 1. The minimum atomic E-state index is -0.993. The smallest absolute Gasteiger partial charge is 0.304 e. The van der Waals surface area contributed by atoms with Crippen molar-refractivity contribution in [3.63, 3.8) is 0 Å². The number of carbonyl (C=O) groups excluding carboxylic acids is 2. The number of amides is 2. The third kappa shape index (κ3) is 2.99. The van der Waals surface area contributed by atoms with Crippen LogP contribution in [-0.4, -0.2) is 34.2 Å². The lowest BCUT2D eigenvalue weighted by Gasteiger charge is -2.15. The van der Waals surface area contributed by atoms with E-state index in [9.17, 15) is 24.1 Å². The van der Waals surface area contributed by atoms with Crippen molar-refractivity contribution in [2.75, 3.05) is 11.9 Å². The van der Waals surface area contributed by atoms with Gasteiger partial charge in [-0.2, -0.15) is 4.39 Å². The second kappa shape index (κ2) is 5.86. The zero-order valence-electron chi connectivity index (χ0n) is 11.3. The fraction of sp³-hybridized carbons (Fsp3) is 0.385. The second-order valence-corrected chi connectivity index (χ2v) is 4.71. The van der Waals surface area contributed by atoms with Gasteiger partial charge >= 0.3 is 5.69 Å². The van der Waals surface area contributed by atoms with Gasteiger partial charge in [-0.15, -0.1) is 0 Å². The first-order valence-corrected chi connectivity index (χ1v) is 6.48.